The minimum atomic E-state index is -0.323. The smallest absolute Gasteiger partial charge is 0.384 e. The van der Waals surface area contributed by atoms with E-state index < -0.39 is 0 Å². The Hall–Kier alpha value is -1.26. The normalized spacial score (nSPS) is 23.6. The number of fused-ring (bicyclic) bond motifs is 1. The number of anilines is 1. The van der Waals surface area contributed by atoms with Crippen LogP contribution in [0.5, 0.6) is 0 Å². The van der Waals surface area contributed by atoms with Gasteiger partial charge in [-0.1, -0.05) is 30.4 Å². The lowest BCUT2D eigenvalue weighted by Crippen LogP contribution is -2.43. The molecule has 1 saturated heterocycles. The van der Waals surface area contributed by atoms with E-state index in [-0.39, 0.29) is 18.5 Å². The highest BCUT2D eigenvalue weighted by atomic mass is 16.7. The fraction of sp³-hybridized carbons (Fsp3) is 0.467. The summed E-state index contributed by atoms with van der Waals surface area (Å²) in [6, 6.07) is 8.33. The number of hydrogen-bond donors (Lipinski definition) is 0. The fourth-order valence-corrected chi connectivity index (χ4v) is 2.42. The first kappa shape index (κ1) is 12.8. The largest absolute Gasteiger partial charge is 0.594 e. The molecule has 3 rings (SSSR count). The highest BCUT2D eigenvalue weighted by Crippen LogP contribution is 2.39. The monoisotopic (exact) mass is 257 g/mol. The molecule has 0 amide bonds. The van der Waals surface area contributed by atoms with Crippen LogP contribution in [0, 0.1) is 0 Å². The third-order valence-corrected chi connectivity index (χ3v) is 4.34. The third-order valence-electron chi connectivity index (χ3n) is 4.34. The summed E-state index contributed by atoms with van der Waals surface area (Å²) in [7, 11) is -0.323. The highest BCUT2D eigenvalue weighted by Gasteiger charge is 2.54. The van der Waals surface area contributed by atoms with Crippen molar-refractivity contribution in [3.05, 3.63) is 35.9 Å². The van der Waals surface area contributed by atoms with Crippen molar-refractivity contribution in [1.82, 2.24) is 0 Å². The number of para-hydroxylation sites is 1. The molecule has 0 aromatic heterocycles. The van der Waals surface area contributed by atoms with Crippen LogP contribution in [0.4, 0.5) is 5.69 Å². The van der Waals surface area contributed by atoms with Gasteiger partial charge >= 0.3 is 7.25 Å². The van der Waals surface area contributed by atoms with Gasteiger partial charge in [-0.15, -0.1) is 0 Å². The Morgan fingerprint density at radius 1 is 1.05 bits per heavy atom. The van der Waals surface area contributed by atoms with Crippen LogP contribution < -0.4 is 4.81 Å². The second kappa shape index (κ2) is 4.12. The minimum absolute atomic E-state index is 0.298. The molecule has 0 N–H and O–H groups in total. The minimum Gasteiger partial charge on any atom is -0.384 e. The average molecular weight is 257 g/mol. The quantitative estimate of drug-likeness (QED) is 0.721. The molecule has 2 aliphatic rings. The topological polar surface area (TPSA) is 21.7 Å². The molecule has 1 fully saturated rings. The van der Waals surface area contributed by atoms with E-state index >= 15 is 0 Å². The summed E-state index contributed by atoms with van der Waals surface area (Å²) < 4.78 is 12.3. The standard InChI is InChI=1S/C15H20BNO2/c1-14(2)15(3,4)19-16(18-14)17-11-7-9-12-8-5-6-10-13(12)17/h5-10H,11H2,1-4H3. The molecule has 2 heterocycles. The zero-order chi connectivity index (χ0) is 13.7. The van der Waals surface area contributed by atoms with Gasteiger partial charge in [0.1, 0.15) is 0 Å². The maximum absolute atomic E-state index is 6.13. The molecule has 0 spiro atoms. The van der Waals surface area contributed by atoms with Crippen molar-refractivity contribution in [2.45, 2.75) is 38.9 Å². The van der Waals surface area contributed by atoms with E-state index in [1.54, 1.807) is 0 Å². The van der Waals surface area contributed by atoms with E-state index in [0.29, 0.717) is 0 Å². The molecular formula is C15H20BNO2. The molecule has 0 bridgehead atoms. The van der Waals surface area contributed by atoms with Crippen LogP contribution in [-0.2, 0) is 9.31 Å². The SMILES string of the molecule is CC1(C)OB(N2CC=Cc3ccccc32)OC1(C)C. The molecular weight excluding hydrogens is 237 g/mol. The molecule has 2 aliphatic heterocycles. The Kier molecular flexibility index (Phi) is 2.77. The summed E-state index contributed by atoms with van der Waals surface area (Å²) in [5.41, 5.74) is 1.79. The third kappa shape index (κ3) is 1.99. The van der Waals surface area contributed by atoms with E-state index in [2.05, 4.69) is 68.9 Å². The van der Waals surface area contributed by atoms with Crippen molar-refractivity contribution in [3.63, 3.8) is 0 Å². The maximum atomic E-state index is 6.13. The van der Waals surface area contributed by atoms with Crippen LogP contribution in [0.2, 0.25) is 0 Å². The Morgan fingerprint density at radius 3 is 2.37 bits per heavy atom. The molecule has 4 heteroatoms. The summed E-state index contributed by atoms with van der Waals surface area (Å²) in [6.07, 6.45) is 4.30. The van der Waals surface area contributed by atoms with Crippen molar-refractivity contribution >= 4 is 19.0 Å². The van der Waals surface area contributed by atoms with E-state index in [9.17, 15) is 0 Å². The first-order valence-electron chi connectivity index (χ1n) is 6.79. The van der Waals surface area contributed by atoms with Gasteiger partial charge in [-0.2, -0.15) is 0 Å². The van der Waals surface area contributed by atoms with Gasteiger partial charge in [0, 0.05) is 12.2 Å². The van der Waals surface area contributed by atoms with Crippen LogP contribution >= 0.6 is 0 Å². The summed E-state index contributed by atoms with van der Waals surface area (Å²) >= 11 is 0. The molecule has 1 aromatic carbocycles. The second-order valence-corrected chi connectivity index (χ2v) is 6.18. The van der Waals surface area contributed by atoms with Gasteiger partial charge in [0.2, 0.25) is 0 Å². The lowest BCUT2D eigenvalue weighted by atomic mass is 9.90. The molecule has 0 atom stereocenters. The first-order valence-corrected chi connectivity index (χ1v) is 6.79. The molecule has 0 radical (unpaired) electrons. The first-order chi connectivity index (χ1) is 8.91. The number of hydrogen-bond acceptors (Lipinski definition) is 3. The summed E-state index contributed by atoms with van der Waals surface area (Å²) in [5, 5.41) is 0. The Bertz CT molecular complexity index is 509. The van der Waals surface area contributed by atoms with E-state index in [0.717, 1.165) is 6.54 Å². The van der Waals surface area contributed by atoms with E-state index in [1.807, 2.05) is 0 Å². The molecule has 1 aromatic rings. The van der Waals surface area contributed by atoms with Crippen LogP contribution in [0.1, 0.15) is 33.3 Å². The molecule has 0 saturated carbocycles. The summed E-state index contributed by atoms with van der Waals surface area (Å²) in [4.78, 5) is 2.17. The van der Waals surface area contributed by atoms with Crippen LogP contribution in [-0.4, -0.2) is 25.0 Å². The maximum Gasteiger partial charge on any atom is 0.594 e. The lowest BCUT2D eigenvalue weighted by molar-refractivity contribution is 0.00578. The Morgan fingerprint density at radius 2 is 1.68 bits per heavy atom. The Labute approximate surface area is 115 Å². The highest BCUT2D eigenvalue weighted by molar-refractivity contribution is 6.51. The average Bonchev–Trinajstić information content (AvgIpc) is 2.58. The van der Waals surface area contributed by atoms with Crippen molar-refractivity contribution in [1.29, 1.82) is 0 Å². The predicted octanol–water partition coefficient (Wildman–Crippen LogP) is 3.11. The van der Waals surface area contributed by atoms with Crippen molar-refractivity contribution < 1.29 is 9.31 Å². The van der Waals surface area contributed by atoms with Gasteiger partial charge in [0.05, 0.1) is 11.2 Å². The predicted molar refractivity (Wildman–Crippen MR) is 78.9 cm³/mol. The van der Waals surface area contributed by atoms with Gasteiger partial charge in [-0.05, 0) is 39.3 Å². The number of benzene rings is 1. The number of rotatable bonds is 1. The van der Waals surface area contributed by atoms with Crippen LogP contribution in [0.15, 0.2) is 30.3 Å². The number of nitrogens with zero attached hydrogens (tertiary/aromatic N) is 1. The van der Waals surface area contributed by atoms with Crippen molar-refractivity contribution in [3.8, 4) is 0 Å². The van der Waals surface area contributed by atoms with Gasteiger partial charge < -0.3 is 14.1 Å². The van der Waals surface area contributed by atoms with Gasteiger partial charge in [0.15, 0.2) is 0 Å². The molecule has 0 unspecified atom stereocenters. The van der Waals surface area contributed by atoms with Crippen molar-refractivity contribution in [2.75, 3.05) is 11.4 Å². The van der Waals surface area contributed by atoms with E-state index in [1.165, 1.54) is 11.3 Å². The zero-order valence-corrected chi connectivity index (χ0v) is 12.0. The Balaban J connectivity index is 1.92. The lowest BCUT2D eigenvalue weighted by Gasteiger charge is -2.32. The van der Waals surface area contributed by atoms with Crippen LogP contribution in [0.25, 0.3) is 6.08 Å². The van der Waals surface area contributed by atoms with Gasteiger partial charge in [-0.25, -0.2) is 0 Å². The summed E-state index contributed by atoms with van der Waals surface area (Å²) in [5.74, 6) is 0. The van der Waals surface area contributed by atoms with E-state index in [4.69, 9.17) is 9.31 Å². The molecule has 3 nitrogen and oxygen atoms in total. The van der Waals surface area contributed by atoms with Gasteiger partial charge in [0.25, 0.3) is 0 Å². The van der Waals surface area contributed by atoms with Crippen molar-refractivity contribution in [2.24, 2.45) is 0 Å². The molecule has 19 heavy (non-hydrogen) atoms. The molecule has 100 valence electrons. The summed E-state index contributed by atoms with van der Waals surface area (Å²) in [6.45, 7) is 9.14. The second-order valence-electron chi connectivity index (χ2n) is 6.18. The van der Waals surface area contributed by atoms with Crippen LogP contribution in [0.3, 0.4) is 0 Å². The zero-order valence-electron chi connectivity index (χ0n) is 12.0. The fourth-order valence-electron chi connectivity index (χ4n) is 2.42. The molecule has 0 aliphatic carbocycles. The van der Waals surface area contributed by atoms with Gasteiger partial charge in [-0.3, -0.25) is 0 Å².